The predicted molar refractivity (Wildman–Crippen MR) is 96.6 cm³/mol. The number of rotatable bonds is 3. The summed E-state index contributed by atoms with van der Waals surface area (Å²) in [5.74, 6) is -0.0196. The molecule has 1 aliphatic heterocycles. The second-order valence-electron chi connectivity index (χ2n) is 6.52. The number of amides is 1. The molecule has 0 spiro atoms. The van der Waals surface area contributed by atoms with E-state index >= 15 is 0 Å². The predicted octanol–water partition coefficient (Wildman–Crippen LogP) is 2.61. The van der Waals surface area contributed by atoms with E-state index in [1.165, 1.54) is 5.69 Å². The molecule has 2 N–H and O–H groups in total. The number of nitrogens with zero attached hydrogens (tertiary/aromatic N) is 2. The van der Waals surface area contributed by atoms with Gasteiger partial charge in [0.25, 0.3) is 5.91 Å². The van der Waals surface area contributed by atoms with E-state index < -0.39 is 0 Å². The van der Waals surface area contributed by atoms with Crippen LogP contribution in [-0.4, -0.2) is 34.8 Å². The van der Waals surface area contributed by atoms with Crippen molar-refractivity contribution >= 4 is 21.8 Å². The molecule has 4 rings (SSSR count). The van der Waals surface area contributed by atoms with E-state index in [2.05, 4.69) is 31.7 Å². The number of aromatic nitrogens is 2. The van der Waals surface area contributed by atoms with Gasteiger partial charge in [-0.25, -0.2) is 4.68 Å². The van der Waals surface area contributed by atoms with Crippen LogP contribution in [-0.2, 0) is 12.8 Å². The molecule has 0 saturated carbocycles. The standard InChI is InChI=1S/C18H21BrN4O/c19-12-3-1-4-14(11-12)23-16-6-2-5-15(16)17(22-23)18(24)21-13-7-9-20-10-8-13/h1,3-4,11,13,20H,2,5-10H2,(H,21,24). The largest absolute Gasteiger partial charge is 0.348 e. The van der Waals surface area contributed by atoms with Crippen LogP contribution in [0.1, 0.15) is 41.0 Å². The summed E-state index contributed by atoms with van der Waals surface area (Å²) in [5.41, 5.74) is 3.93. The molecule has 0 radical (unpaired) electrons. The molecule has 2 aliphatic rings. The third kappa shape index (κ3) is 3.00. The zero-order valence-electron chi connectivity index (χ0n) is 13.5. The van der Waals surface area contributed by atoms with Crippen LogP contribution < -0.4 is 10.6 Å². The highest BCUT2D eigenvalue weighted by Gasteiger charge is 2.28. The Kier molecular flexibility index (Phi) is 4.41. The summed E-state index contributed by atoms with van der Waals surface area (Å²) in [6, 6.07) is 8.33. The minimum absolute atomic E-state index is 0.0196. The van der Waals surface area contributed by atoms with Crippen molar-refractivity contribution in [2.24, 2.45) is 0 Å². The van der Waals surface area contributed by atoms with Crippen LogP contribution in [0.5, 0.6) is 0 Å². The van der Waals surface area contributed by atoms with Crippen molar-refractivity contribution < 1.29 is 4.79 Å². The first-order valence-electron chi connectivity index (χ1n) is 8.60. The van der Waals surface area contributed by atoms with E-state index in [0.29, 0.717) is 5.69 Å². The summed E-state index contributed by atoms with van der Waals surface area (Å²) < 4.78 is 2.97. The van der Waals surface area contributed by atoms with Gasteiger partial charge in [0, 0.05) is 21.8 Å². The van der Waals surface area contributed by atoms with Crippen LogP contribution in [0, 0.1) is 0 Å². The molecule has 24 heavy (non-hydrogen) atoms. The number of halogens is 1. The molecule has 1 fully saturated rings. The highest BCUT2D eigenvalue weighted by Crippen LogP contribution is 2.28. The average Bonchev–Trinajstić information content (AvgIpc) is 3.18. The van der Waals surface area contributed by atoms with Crippen LogP contribution in [0.15, 0.2) is 28.7 Å². The Morgan fingerprint density at radius 1 is 1.29 bits per heavy atom. The summed E-state index contributed by atoms with van der Waals surface area (Å²) >= 11 is 3.52. The van der Waals surface area contributed by atoms with Crippen molar-refractivity contribution in [2.75, 3.05) is 13.1 Å². The molecule has 1 saturated heterocycles. The van der Waals surface area contributed by atoms with Crippen molar-refractivity contribution in [3.05, 3.63) is 45.7 Å². The summed E-state index contributed by atoms with van der Waals surface area (Å²) in [6.45, 7) is 1.94. The fourth-order valence-corrected chi connectivity index (χ4v) is 4.05. The fourth-order valence-electron chi connectivity index (χ4n) is 3.66. The van der Waals surface area contributed by atoms with Gasteiger partial charge in [-0.1, -0.05) is 22.0 Å². The Bertz CT molecular complexity index is 764. The molecular formula is C18H21BrN4O. The Morgan fingerprint density at radius 2 is 2.12 bits per heavy atom. The van der Waals surface area contributed by atoms with Gasteiger partial charge in [-0.3, -0.25) is 4.79 Å². The Labute approximate surface area is 149 Å². The molecule has 0 atom stereocenters. The molecule has 5 nitrogen and oxygen atoms in total. The SMILES string of the molecule is O=C(NC1CCNCC1)c1nn(-c2cccc(Br)c2)c2c1CCC2. The van der Waals surface area contributed by atoms with Crippen LogP contribution in [0.3, 0.4) is 0 Å². The number of piperidine rings is 1. The smallest absolute Gasteiger partial charge is 0.272 e. The number of hydrogen-bond acceptors (Lipinski definition) is 3. The summed E-state index contributed by atoms with van der Waals surface area (Å²) in [7, 11) is 0. The third-order valence-electron chi connectivity index (χ3n) is 4.87. The second-order valence-corrected chi connectivity index (χ2v) is 7.43. The molecule has 1 aromatic heterocycles. The van der Waals surface area contributed by atoms with E-state index in [0.717, 1.165) is 60.9 Å². The number of benzene rings is 1. The van der Waals surface area contributed by atoms with Gasteiger partial charge in [0.2, 0.25) is 0 Å². The summed E-state index contributed by atoms with van der Waals surface area (Å²) in [5, 5.41) is 11.2. The Hall–Kier alpha value is -1.66. The van der Waals surface area contributed by atoms with Crippen LogP contribution in [0.25, 0.3) is 5.69 Å². The fraction of sp³-hybridized carbons (Fsp3) is 0.444. The maximum absolute atomic E-state index is 12.8. The van der Waals surface area contributed by atoms with Gasteiger partial charge in [-0.15, -0.1) is 0 Å². The average molecular weight is 389 g/mol. The number of fused-ring (bicyclic) bond motifs is 1. The lowest BCUT2D eigenvalue weighted by molar-refractivity contribution is 0.0923. The first-order valence-corrected chi connectivity index (χ1v) is 9.40. The van der Waals surface area contributed by atoms with Crippen LogP contribution in [0.2, 0.25) is 0 Å². The quantitative estimate of drug-likeness (QED) is 0.849. The second kappa shape index (κ2) is 6.69. The molecule has 0 bridgehead atoms. The van der Waals surface area contributed by atoms with E-state index in [9.17, 15) is 4.79 Å². The first kappa shape index (κ1) is 15.8. The van der Waals surface area contributed by atoms with Crippen molar-refractivity contribution in [1.82, 2.24) is 20.4 Å². The van der Waals surface area contributed by atoms with Gasteiger partial charge in [-0.05, 0) is 63.4 Å². The molecule has 1 amide bonds. The Balaban J connectivity index is 1.64. The molecular weight excluding hydrogens is 368 g/mol. The maximum atomic E-state index is 12.8. The normalized spacial score (nSPS) is 17.7. The molecule has 2 aromatic rings. The van der Waals surface area contributed by atoms with Crippen molar-refractivity contribution in [1.29, 1.82) is 0 Å². The summed E-state index contributed by atoms with van der Waals surface area (Å²) in [6.07, 6.45) is 4.99. The minimum Gasteiger partial charge on any atom is -0.348 e. The van der Waals surface area contributed by atoms with Gasteiger partial charge >= 0.3 is 0 Å². The van der Waals surface area contributed by atoms with Crippen LogP contribution in [0.4, 0.5) is 0 Å². The van der Waals surface area contributed by atoms with Crippen LogP contribution >= 0.6 is 15.9 Å². The van der Waals surface area contributed by atoms with Crippen molar-refractivity contribution in [3.63, 3.8) is 0 Å². The summed E-state index contributed by atoms with van der Waals surface area (Å²) in [4.78, 5) is 12.8. The first-order chi connectivity index (χ1) is 11.7. The van der Waals surface area contributed by atoms with Gasteiger partial charge < -0.3 is 10.6 Å². The topological polar surface area (TPSA) is 59.0 Å². The zero-order valence-corrected chi connectivity index (χ0v) is 15.1. The van der Waals surface area contributed by atoms with Gasteiger partial charge in [0.15, 0.2) is 5.69 Å². The van der Waals surface area contributed by atoms with E-state index in [1.54, 1.807) is 0 Å². The lowest BCUT2D eigenvalue weighted by Gasteiger charge is -2.23. The van der Waals surface area contributed by atoms with Gasteiger partial charge in [0.05, 0.1) is 5.69 Å². The molecule has 2 heterocycles. The number of carbonyl (C=O) groups excluding carboxylic acids is 1. The third-order valence-corrected chi connectivity index (χ3v) is 5.37. The number of carbonyl (C=O) groups is 1. The zero-order chi connectivity index (χ0) is 16.5. The van der Waals surface area contributed by atoms with E-state index in [1.807, 2.05) is 28.9 Å². The molecule has 1 aromatic carbocycles. The van der Waals surface area contributed by atoms with Gasteiger partial charge in [0.1, 0.15) is 0 Å². The highest BCUT2D eigenvalue weighted by molar-refractivity contribution is 9.10. The molecule has 126 valence electrons. The number of nitrogens with one attached hydrogen (secondary N) is 2. The maximum Gasteiger partial charge on any atom is 0.272 e. The monoisotopic (exact) mass is 388 g/mol. The van der Waals surface area contributed by atoms with Crippen molar-refractivity contribution in [2.45, 2.75) is 38.1 Å². The minimum atomic E-state index is -0.0196. The van der Waals surface area contributed by atoms with E-state index in [-0.39, 0.29) is 11.9 Å². The Morgan fingerprint density at radius 3 is 2.92 bits per heavy atom. The molecule has 0 unspecified atom stereocenters. The number of hydrogen-bond donors (Lipinski definition) is 2. The lowest BCUT2D eigenvalue weighted by Crippen LogP contribution is -2.43. The molecule has 1 aliphatic carbocycles. The highest BCUT2D eigenvalue weighted by atomic mass is 79.9. The molecule has 6 heteroatoms. The van der Waals surface area contributed by atoms with Gasteiger partial charge in [-0.2, -0.15) is 5.10 Å². The van der Waals surface area contributed by atoms with Crippen molar-refractivity contribution in [3.8, 4) is 5.69 Å². The van der Waals surface area contributed by atoms with E-state index in [4.69, 9.17) is 0 Å². The lowest BCUT2D eigenvalue weighted by atomic mass is 10.1.